The summed E-state index contributed by atoms with van der Waals surface area (Å²) in [7, 11) is 0. The van der Waals surface area contributed by atoms with Crippen molar-refractivity contribution in [2.75, 3.05) is 0 Å². The molecular formula is C20H18O2. The third-order valence-electron chi connectivity index (χ3n) is 3.94. The Labute approximate surface area is 130 Å². The fourth-order valence-electron chi connectivity index (χ4n) is 2.74. The molecule has 3 aromatic rings. The van der Waals surface area contributed by atoms with E-state index in [1.807, 2.05) is 91.0 Å². The van der Waals surface area contributed by atoms with Crippen molar-refractivity contribution in [3.05, 3.63) is 108 Å². The summed E-state index contributed by atoms with van der Waals surface area (Å²) < 4.78 is 0. The van der Waals surface area contributed by atoms with Crippen molar-refractivity contribution in [3.8, 4) is 0 Å². The second kappa shape index (κ2) is 6.14. The molecule has 0 heterocycles. The average molecular weight is 290 g/mol. The molecule has 0 aliphatic rings. The van der Waals surface area contributed by atoms with Crippen molar-refractivity contribution in [2.45, 2.75) is 11.7 Å². The highest BCUT2D eigenvalue weighted by molar-refractivity contribution is 5.40. The minimum atomic E-state index is -1.50. The Morgan fingerprint density at radius 3 is 1.36 bits per heavy atom. The van der Waals surface area contributed by atoms with Gasteiger partial charge in [-0.2, -0.15) is 0 Å². The second-order valence-electron chi connectivity index (χ2n) is 5.31. The van der Waals surface area contributed by atoms with Crippen LogP contribution in [0.15, 0.2) is 91.0 Å². The van der Waals surface area contributed by atoms with Crippen LogP contribution in [0.2, 0.25) is 0 Å². The summed E-state index contributed by atoms with van der Waals surface area (Å²) >= 11 is 0. The van der Waals surface area contributed by atoms with Gasteiger partial charge in [-0.05, 0) is 16.7 Å². The topological polar surface area (TPSA) is 40.5 Å². The molecule has 0 amide bonds. The summed E-state index contributed by atoms with van der Waals surface area (Å²) in [6.07, 6.45) is -1.06. The van der Waals surface area contributed by atoms with Crippen LogP contribution in [0.5, 0.6) is 0 Å². The van der Waals surface area contributed by atoms with Crippen LogP contribution in [0.1, 0.15) is 22.8 Å². The van der Waals surface area contributed by atoms with Crippen molar-refractivity contribution in [2.24, 2.45) is 0 Å². The molecule has 2 N–H and O–H groups in total. The van der Waals surface area contributed by atoms with E-state index in [0.29, 0.717) is 16.7 Å². The Bertz CT molecular complexity index is 669. The quantitative estimate of drug-likeness (QED) is 0.770. The van der Waals surface area contributed by atoms with Crippen molar-refractivity contribution in [3.63, 3.8) is 0 Å². The first kappa shape index (κ1) is 14.5. The largest absolute Gasteiger partial charge is 0.385 e. The van der Waals surface area contributed by atoms with Crippen molar-refractivity contribution in [1.29, 1.82) is 0 Å². The number of benzene rings is 3. The van der Waals surface area contributed by atoms with Crippen LogP contribution in [0.25, 0.3) is 0 Å². The Morgan fingerprint density at radius 2 is 0.955 bits per heavy atom. The van der Waals surface area contributed by atoms with E-state index < -0.39 is 11.7 Å². The Hall–Kier alpha value is -2.42. The van der Waals surface area contributed by atoms with Crippen LogP contribution in [0.4, 0.5) is 0 Å². The molecule has 0 bridgehead atoms. The number of aliphatic hydroxyl groups excluding tert-OH is 1. The predicted molar refractivity (Wildman–Crippen MR) is 87.3 cm³/mol. The van der Waals surface area contributed by atoms with Gasteiger partial charge in [0.15, 0.2) is 0 Å². The maximum absolute atomic E-state index is 11.4. The lowest BCUT2D eigenvalue weighted by Crippen LogP contribution is -2.35. The molecule has 0 aromatic heterocycles. The molecule has 22 heavy (non-hydrogen) atoms. The molecule has 0 fully saturated rings. The summed E-state index contributed by atoms with van der Waals surface area (Å²) in [6, 6.07) is 27.8. The van der Waals surface area contributed by atoms with E-state index >= 15 is 0 Å². The lowest BCUT2D eigenvalue weighted by Gasteiger charge is -2.34. The molecule has 0 spiro atoms. The van der Waals surface area contributed by atoms with Crippen LogP contribution in [-0.4, -0.2) is 10.2 Å². The van der Waals surface area contributed by atoms with Gasteiger partial charge in [0.05, 0.1) is 0 Å². The van der Waals surface area contributed by atoms with E-state index in [-0.39, 0.29) is 0 Å². The van der Waals surface area contributed by atoms with Gasteiger partial charge in [0.25, 0.3) is 0 Å². The van der Waals surface area contributed by atoms with Gasteiger partial charge in [-0.3, -0.25) is 0 Å². The maximum Gasteiger partial charge on any atom is 0.145 e. The Balaban J connectivity index is 2.16. The number of aliphatic hydroxyl groups is 2. The van der Waals surface area contributed by atoms with E-state index in [2.05, 4.69) is 0 Å². The van der Waals surface area contributed by atoms with Crippen molar-refractivity contribution >= 4 is 0 Å². The van der Waals surface area contributed by atoms with Gasteiger partial charge < -0.3 is 10.2 Å². The minimum absolute atomic E-state index is 0.664. The molecule has 0 saturated carbocycles. The number of hydrogen-bond acceptors (Lipinski definition) is 2. The lowest BCUT2D eigenvalue weighted by molar-refractivity contribution is -0.0517. The zero-order chi connectivity index (χ0) is 15.4. The zero-order valence-corrected chi connectivity index (χ0v) is 12.1. The number of rotatable bonds is 4. The number of hydrogen-bond donors (Lipinski definition) is 2. The molecule has 2 nitrogen and oxygen atoms in total. The molecule has 110 valence electrons. The van der Waals surface area contributed by atoms with Gasteiger partial charge in [0, 0.05) is 0 Å². The smallest absolute Gasteiger partial charge is 0.145 e. The fraction of sp³-hybridized carbons (Fsp3) is 0.100. The normalized spacial score (nSPS) is 12.8. The highest BCUT2D eigenvalue weighted by Gasteiger charge is 2.40. The summed E-state index contributed by atoms with van der Waals surface area (Å²) in [4.78, 5) is 0. The van der Waals surface area contributed by atoms with E-state index in [1.54, 1.807) is 0 Å². The summed E-state index contributed by atoms with van der Waals surface area (Å²) in [5.41, 5.74) is 0.511. The minimum Gasteiger partial charge on any atom is -0.385 e. The third-order valence-corrected chi connectivity index (χ3v) is 3.94. The summed E-state index contributed by atoms with van der Waals surface area (Å²) in [5, 5.41) is 22.3. The average Bonchev–Trinajstić information content (AvgIpc) is 2.62. The maximum atomic E-state index is 11.4. The summed E-state index contributed by atoms with van der Waals surface area (Å²) in [5.74, 6) is 0. The Morgan fingerprint density at radius 1 is 0.591 bits per heavy atom. The molecular weight excluding hydrogens is 272 g/mol. The van der Waals surface area contributed by atoms with Gasteiger partial charge in [0.1, 0.15) is 11.7 Å². The molecule has 0 aliphatic carbocycles. The molecule has 3 aromatic carbocycles. The van der Waals surface area contributed by atoms with E-state index in [1.165, 1.54) is 0 Å². The van der Waals surface area contributed by atoms with Crippen LogP contribution in [0.3, 0.4) is 0 Å². The molecule has 0 radical (unpaired) electrons. The SMILES string of the molecule is O[C@H](c1ccccc1)C(O)(c1ccccc1)c1ccccc1. The van der Waals surface area contributed by atoms with E-state index in [9.17, 15) is 10.2 Å². The van der Waals surface area contributed by atoms with Gasteiger partial charge in [0.2, 0.25) is 0 Å². The van der Waals surface area contributed by atoms with Crippen LogP contribution in [0, 0.1) is 0 Å². The van der Waals surface area contributed by atoms with Crippen molar-refractivity contribution in [1.82, 2.24) is 0 Å². The highest BCUT2D eigenvalue weighted by Crippen LogP contribution is 2.40. The molecule has 0 unspecified atom stereocenters. The van der Waals surface area contributed by atoms with Crippen LogP contribution < -0.4 is 0 Å². The molecule has 3 rings (SSSR count). The Kier molecular flexibility index (Phi) is 4.05. The van der Waals surface area contributed by atoms with Crippen LogP contribution in [-0.2, 0) is 5.60 Å². The molecule has 0 saturated heterocycles. The first-order valence-electron chi connectivity index (χ1n) is 7.29. The third kappa shape index (κ3) is 2.54. The highest BCUT2D eigenvalue weighted by atomic mass is 16.3. The standard InChI is InChI=1S/C20H18O2/c21-19(16-10-4-1-5-11-16)20(22,17-12-6-2-7-13-17)18-14-8-3-9-15-18/h1-15,19,21-22H/t19-/m1/s1. The fourth-order valence-corrected chi connectivity index (χ4v) is 2.74. The first-order chi connectivity index (χ1) is 10.7. The van der Waals surface area contributed by atoms with Gasteiger partial charge in [-0.15, -0.1) is 0 Å². The van der Waals surface area contributed by atoms with Crippen molar-refractivity contribution < 1.29 is 10.2 Å². The van der Waals surface area contributed by atoms with Gasteiger partial charge in [-0.1, -0.05) is 91.0 Å². The molecule has 0 aliphatic heterocycles. The second-order valence-corrected chi connectivity index (χ2v) is 5.31. The first-order valence-corrected chi connectivity index (χ1v) is 7.29. The van der Waals surface area contributed by atoms with E-state index in [0.717, 1.165) is 0 Å². The summed E-state index contributed by atoms with van der Waals surface area (Å²) in [6.45, 7) is 0. The molecule has 1 atom stereocenters. The zero-order valence-electron chi connectivity index (χ0n) is 12.1. The lowest BCUT2D eigenvalue weighted by atomic mass is 9.79. The monoisotopic (exact) mass is 290 g/mol. The van der Waals surface area contributed by atoms with Gasteiger partial charge in [-0.25, -0.2) is 0 Å². The molecule has 2 heteroatoms. The van der Waals surface area contributed by atoms with Crippen LogP contribution >= 0.6 is 0 Å². The van der Waals surface area contributed by atoms with Gasteiger partial charge >= 0.3 is 0 Å². The predicted octanol–water partition coefficient (Wildman–Crippen LogP) is 3.66. The van der Waals surface area contributed by atoms with E-state index in [4.69, 9.17) is 0 Å².